The number of pyridine rings is 1. The summed E-state index contributed by atoms with van der Waals surface area (Å²) in [5.41, 5.74) is 6.08. The first-order valence-electron chi connectivity index (χ1n) is 4.28. The van der Waals surface area contributed by atoms with Crippen LogP contribution in [0, 0.1) is 5.82 Å². The van der Waals surface area contributed by atoms with Crippen LogP contribution < -0.4 is 5.73 Å². The van der Waals surface area contributed by atoms with Crippen LogP contribution in [0.15, 0.2) is 36.7 Å². The number of hydrogen-bond acceptors (Lipinski definition) is 2. The molecular formula is C10H8FN3S. The second-order valence-corrected chi connectivity index (χ2v) is 3.38. The van der Waals surface area contributed by atoms with Gasteiger partial charge in [-0.2, -0.15) is 0 Å². The minimum atomic E-state index is -0.411. The smallest absolute Gasteiger partial charge is 0.173 e. The number of thiocarbonyl (C=S) groups is 1. The molecule has 0 spiro atoms. The van der Waals surface area contributed by atoms with Crippen molar-refractivity contribution in [3.8, 4) is 5.82 Å². The third kappa shape index (κ3) is 1.73. The first-order valence-corrected chi connectivity index (χ1v) is 4.69. The summed E-state index contributed by atoms with van der Waals surface area (Å²) in [6, 6.07) is 6.33. The average Bonchev–Trinajstić information content (AvgIpc) is 2.67. The van der Waals surface area contributed by atoms with Gasteiger partial charge >= 0.3 is 0 Å². The Labute approximate surface area is 91.4 Å². The summed E-state index contributed by atoms with van der Waals surface area (Å²) in [6.45, 7) is 0. The molecule has 15 heavy (non-hydrogen) atoms. The van der Waals surface area contributed by atoms with E-state index in [9.17, 15) is 4.39 Å². The summed E-state index contributed by atoms with van der Waals surface area (Å²) in [6.07, 6.45) is 3.18. The predicted molar refractivity (Wildman–Crippen MR) is 59.4 cm³/mol. The first kappa shape index (κ1) is 9.79. The van der Waals surface area contributed by atoms with E-state index in [-0.39, 0.29) is 10.8 Å². The maximum atomic E-state index is 13.4. The van der Waals surface area contributed by atoms with Gasteiger partial charge in [-0.25, -0.2) is 9.37 Å². The Morgan fingerprint density at radius 2 is 2.20 bits per heavy atom. The van der Waals surface area contributed by atoms with E-state index in [2.05, 4.69) is 4.98 Å². The van der Waals surface area contributed by atoms with Crippen LogP contribution in [-0.2, 0) is 0 Å². The van der Waals surface area contributed by atoms with Crippen molar-refractivity contribution in [1.82, 2.24) is 9.55 Å². The molecule has 0 aliphatic heterocycles. The van der Waals surface area contributed by atoms with Crippen LogP contribution in [0.1, 0.15) is 5.69 Å². The largest absolute Gasteiger partial charge is 0.388 e. The van der Waals surface area contributed by atoms with E-state index in [0.29, 0.717) is 5.69 Å². The topological polar surface area (TPSA) is 43.8 Å². The fourth-order valence-corrected chi connectivity index (χ4v) is 1.49. The Kier molecular flexibility index (Phi) is 2.47. The van der Waals surface area contributed by atoms with E-state index in [1.54, 1.807) is 18.3 Å². The van der Waals surface area contributed by atoms with Gasteiger partial charge in [0.15, 0.2) is 11.6 Å². The zero-order chi connectivity index (χ0) is 10.8. The molecule has 0 unspecified atom stereocenters. The molecule has 0 aliphatic rings. The normalized spacial score (nSPS) is 10.2. The third-order valence-electron chi connectivity index (χ3n) is 1.97. The van der Waals surface area contributed by atoms with E-state index < -0.39 is 5.82 Å². The van der Waals surface area contributed by atoms with E-state index in [1.807, 2.05) is 0 Å². The molecule has 5 heteroatoms. The first-order chi connectivity index (χ1) is 7.20. The number of halogens is 1. The standard InChI is InChI=1S/C10H8FN3S/c11-7-3-1-5-13-10(7)14-6-2-4-8(14)9(12)15/h1-6H,(H2,12,15). The molecule has 0 saturated heterocycles. The molecule has 0 aliphatic carbocycles. The van der Waals surface area contributed by atoms with Crippen molar-refractivity contribution in [2.75, 3.05) is 0 Å². The molecule has 76 valence electrons. The zero-order valence-electron chi connectivity index (χ0n) is 7.72. The number of nitrogens with zero attached hydrogens (tertiary/aromatic N) is 2. The summed E-state index contributed by atoms with van der Waals surface area (Å²) >= 11 is 4.85. The summed E-state index contributed by atoms with van der Waals surface area (Å²) in [5.74, 6) is -0.212. The maximum absolute atomic E-state index is 13.4. The van der Waals surface area contributed by atoms with Crippen LogP contribution in [0.2, 0.25) is 0 Å². The molecule has 0 amide bonds. The molecule has 2 N–H and O–H groups in total. The molecule has 2 heterocycles. The van der Waals surface area contributed by atoms with Gasteiger partial charge in [0.05, 0.1) is 5.69 Å². The van der Waals surface area contributed by atoms with E-state index >= 15 is 0 Å². The van der Waals surface area contributed by atoms with Crippen molar-refractivity contribution in [1.29, 1.82) is 0 Å². The molecule has 0 radical (unpaired) electrons. The lowest BCUT2D eigenvalue weighted by atomic mass is 10.4. The summed E-state index contributed by atoms with van der Waals surface area (Å²) in [5, 5.41) is 0. The third-order valence-corrected chi connectivity index (χ3v) is 2.18. The molecule has 2 aromatic heterocycles. The highest BCUT2D eigenvalue weighted by molar-refractivity contribution is 7.80. The highest BCUT2D eigenvalue weighted by atomic mass is 32.1. The van der Waals surface area contributed by atoms with Crippen LogP contribution in [0.3, 0.4) is 0 Å². The van der Waals surface area contributed by atoms with Crippen LogP contribution >= 0.6 is 12.2 Å². The summed E-state index contributed by atoms with van der Waals surface area (Å²) in [7, 11) is 0. The fourth-order valence-electron chi connectivity index (χ4n) is 1.32. The Bertz CT molecular complexity index is 507. The molecule has 0 saturated carbocycles. The monoisotopic (exact) mass is 221 g/mol. The fraction of sp³-hybridized carbons (Fsp3) is 0. The molecule has 0 bridgehead atoms. The number of aromatic nitrogens is 2. The Balaban J connectivity index is 2.59. The Morgan fingerprint density at radius 1 is 1.40 bits per heavy atom. The van der Waals surface area contributed by atoms with E-state index in [1.165, 1.54) is 22.9 Å². The molecule has 0 aromatic carbocycles. The molecule has 0 fully saturated rings. The number of nitrogens with two attached hydrogens (primary N) is 1. The Morgan fingerprint density at radius 3 is 2.87 bits per heavy atom. The van der Waals surface area contributed by atoms with Gasteiger partial charge in [0.1, 0.15) is 4.99 Å². The molecule has 0 atom stereocenters. The van der Waals surface area contributed by atoms with Gasteiger partial charge in [-0.1, -0.05) is 12.2 Å². The van der Waals surface area contributed by atoms with Gasteiger partial charge in [0, 0.05) is 12.4 Å². The van der Waals surface area contributed by atoms with E-state index in [4.69, 9.17) is 18.0 Å². The van der Waals surface area contributed by atoms with Crippen LogP contribution in [0.25, 0.3) is 5.82 Å². The van der Waals surface area contributed by atoms with Gasteiger partial charge in [-0.05, 0) is 24.3 Å². The van der Waals surface area contributed by atoms with Crippen molar-refractivity contribution in [3.05, 3.63) is 48.2 Å². The highest BCUT2D eigenvalue weighted by Gasteiger charge is 2.09. The molecule has 2 aromatic rings. The van der Waals surface area contributed by atoms with Gasteiger partial charge in [-0.15, -0.1) is 0 Å². The van der Waals surface area contributed by atoms with Crippen molar-refractivity contribution in [2.24, 2.45) is 5.73 Å². The van der Waals surface area contributed by atoms with Gasteiger partial charge in [0.25, 0.3) is 0 Å². The quantitative estimate of drug-likeness (QED) is 0.784. The zero-order valence-corrected chi connectivity index (χ0v) is 8.54. The Hall–Kier alpha value is -1.75. The van der Waals surface area contributed by atoms with Gasteiger partial charge < -0.3 is 5.73 Å². The summed E-state index contributed by atoms with van der Waals surface area (Å²) in [4.78, 5) is 4.15. The lowest BCUT2D eigenvalue weighted by Gasteiger charge is -2.07. The number of rotatable bonds is 2. The van der Waals surface area contributed by atoms with Crippen molar-refractivity contribution in [2.45, 2.75) is 0 Å². The minimum absolute atomic E-state index is 0.199. The minimum Gasteiger partial charge on any atom is -0.388 e. The van der Waals surface area contributed by atoms with E-state index in [0.717, 1.165) is 0 Å². The van der Waals surface area contributed by atoms with Crippen LogP contribution in [0.5, 0.6) is 0 Å². The lowest BCUT2D eigenvalue weighted by molar-refractivity contribution is 0.609. The van der Waals surface area contributed by atoms with Crippen molar-refractivity contribution >= 4 is 17.2 Å². The SMILES string of the molecule is NC(=S)c1cccn1-c1ncccc1F. The maximum Gasteiger partial charge on any atom is 0.173 e. The number of hydrogen-bond donors (Lipinski definition) is 1. The highest BCUT2D eigenvalue weighted by Crippen LogP contribution is 2.13. The average molecular weight is 221 g/mol. The summed E-state index contributed by atoms with van der Waals surface area (Å²) < 4.78 is 15.0. The van der Waals surface area contributed by atoms with Gasteiger partial charge in [0.2, 0.25) is 0 Å². The van der Waals surface area contributed by atoms with Gasteiger partial charge in [-0.3, -0.25) is 4.57 Å². The lowest BCUT2D eigenvalue weighted by Crippen LogP contribution is -2.15. The van der Waals surface area contributed by atoms with Crippen LogP contribution in [0.4, 0.5) is 4.39 Å². The molecular weight excluding hydrogens is 213 g/mol. The molecule has 3 nitrogen and oxygen atoms in total. The second kappa shape index (κ2) is 3.78. The van der Waals surface area contributed by atoms with Crippen LogP contribution in [-0.4, -0.2) is 14.5 Å². The van der Waals surface area contributed by atoms with Crippen molar-refractivity contribution in [3.63, 3.8) is 0 Å². The van der Waals surface area contributed by atoms with Crippen molar-refractivity contribution < 1.29 is 4.39 Å². The predicted octanol–water partition coefficient (Wildman–Crippen LogP) is 1.65. The molecule has 2 rings (SSSR count). The second-order valence-electron chi connectivity index (χ2n) is 2.94.